The number of ether oxygens (including phenoxy) is 1. The van der Waals surface area contributed by atoms with Gasteiger partial charge in [-0.1, -0.05) is 13.8 Å². The molecule has 2 rings (SSSR count). The van der Waals surface area contributed by atoms with E-state index in [0.29, 0.717) is 23.0 Å². The molecule has 0 aromatic heterocycles. The Labute approximate surface area is 107 Å². The lowest BCUT2D eigenvalue weighted by atomic mass is 9.76. The van der Waals surface area contributed by atoms with Crippen molar-refractivity contribution in [1.29, 1.82) is 0 Å². The maximum atomic E-state index is 13.3. The number of hydrogen-bond acceptors (Lipinski definition) is 2. The van der Waals surface area contributed by atoms with Gasteiger partial charge in [-0.25, -0.2) is 4.39 Å². The van der Waals surface area contributed by atoms with Crippen molar-refractivity contribution in [3.63, 3.8) is 0 Å². The second kappa shape index (κ2) is 5.09. The van der Waals surface area contributed by atoms with Crippen LogP contribution in [0.15, 0.2) is 18.2 Å². The van der Waals surface area contributed by atoms with Gasteiger partial charge in [0.05, 0.1) is 6.10 Å². The Balaban J connectivity index is 2.02. The summed E-state index contributed by atoms with van der Waals surface area (Å²) in [6, 6.07) is 4.15. The third kappa shape index (κ3) is 3.31. The highest BCUT2D eigenvalue weighted by atomic mass is 19.1. The molecule has 0 saturated heterocycles. The fourth-order valence-corrected chi connectivity index (χ4v) is 2.40. The monoisotopic (exact) mass is 250 g/mol. The van der Waals surface area contributed by atoms with E-state index in [0.717, 1.165) is 25.7 Å². The zero-order valence-corrected chi connectivity index (χ0v) is 10.9. The van der Waals surface area contributed by atoms with Crippen molar-refractivity contribution in [2.24, 2.45) is 5.41 Å². The molecule has 1 fully saturated rings. The summed E-state index contributed by atoms with van der Waals surface area (Å²) in [5.74, 6) is 0.0348. The zero-order chi connectivity index (χ0) is 13.2. The van der Waals surface area contributed by atoms with Crippen molar-refractivity contribution in [3.05, 3.63) is 29.6 Å². The van der Waals surface area contributed by atoms with E-state index < -0.39 is 5.82 Å². The molecule has 0 aliphatic heterocycles. The van der Waals surface area contributed by atoms with Gasteiger partial charge in [-0.2, -0.15) is 0 Å². The quantitative estimate of drug-likeness (QED) is 0.758. The first-order valence-electron chi connectivity index (χ1n) is 6.41. The first-order valence-corrected chi connectivity index (χ1v) is 6.41. The fourth-order valence-electron chi connectivity index (χ4n) is 2.40. The van der Waals surface area contributed by atoms with Gasteiger partial charge in [-0.15, -0.1) is 0 Å². The molecule has 0 radical (unpaired) electrons. The Hall–Kier alpha value is -1.38. The van der Waals surface area contributed by atoms with Gasteiger partial charge in [0.2, 0.25) is 0 Å². The van der Waals surface area contributed by atoms with Gasteiger partial charge in [-0.05, 0) is 43.2 Å². The summed E-state index contributed by atoms with van der Waals surface area (Å²) in [5, 5.41) is 0. The van der Waals surface area contributed by atoms with Gasteiger partial charge in [0.25, 0.3) is 0 Å². The van der Waals surface area contributed by atoms with Crippen molar-refractivity contribution >= 4 is 6.29 Å². The molecule has 18 heavy (non-hydrogen) atoms. The molecule has 1 aromatic carbocycles. The molecule has 0 atom stereocenters. The van der Waals surface area contributed by atoms with E-state index in [2.05, 4.69) is 13.8 Å². The molecule has 0 N–H and O–H groups in total. The Kier molecular flexibility index (Phi) is 3.69. The van der Waals surface area contributed by atoms with Crippen molar-refractivity contribution in [3.8, 4) is 5.75 Å². The van der Waals surface area contributed by atoms with E-state index in [1.54, 1.807) is 6.07 Å². The van der Waals surface area contributed by atoms with Crippen molar-refractivity contribution in [2.75, 3.05) is 0 Å². The topological polar surface area (TPSA) is 26.3 Å². The van der Waals surface area contributed by atoms with E-state index in [-0.39, 0.29) is 6.10 Å². The van der Waals surface area contributed by atoms with E-state index in [4.69, 9.17) is 4.74 Å². The predicted octanol–water partition coefficient (Wildman–Crippen LogP) is 3.99. The van der Waals surface area contributed by atoms with Crippen molar-refractivity contribution in [2.45, 2.75) is 45.6 Å². The molecular weight excluding hydrogens is 231 g/mol. The molecule has 98 valence electrons. The van der Waals surface area contributed by atoms with Gasteiger partial charge in [0.1, 0.15) is 17.9 Å². The number of carbonyl (C=O) groups excluding carboxylic acids is 1. The molecule has 1 aliphatic carbocycles. The van der Waals surface area contributed by atoms with Gasteiger partial charge in [-0.3, -0.25) is 4.79 Å². The van der Waals surface area contributed by atoms with Crippen LogP contribution in [0, 0.1) is 11.2 Å². The van der Waals surface area contributed by atoms with Crippen LogP contribution in [-0.2, 0) is 0 Å². The highest BCUT2D eigenvalue weighted by molar-refractivity contribution is 5.75. The minimum absolute atomic E-state index is 0.138. The molecule has 1 aromatic rings. The van der Waals surface area contributed by atoms with Crippen molar-refractivity contribution in [1.82, 2.24) is 0 Å². The maximum absolute atomic E-state index is 13.3. The Bertz CT molecular complexity index is 430. The normalized spacial score (nSPS) is 19.5. The van der Waals surface area contributed by atoms with Crippen LogP contribution >= 0.6 is 0 Å². The summed E-state index contributed by atoms with van der Waals surface area (Å²) in [7, 11) is 0. The van der Waals surface area contributed by atoms with Crippen LogP contribution in [0.2, 0.25) is 0 Å². The molecule has 0 heterocycles. The van der Waals surface area contributed by atoms with Crippen LogP contribution in [0.25, 0.3) is 0 Å². The number of halogens is 1. The Morgan fingerprint density at radius 3 is 2.56 bits per heavy atom. The van der Waals surface area contributed by atoms with Crippen LogP contribution < -0.4 is 4.74 Å². The van der Waals surface area contributed by atoms with Gasteiger partial charge < -0.3 is 4.74 Å². The van der Waals surface area contributed by atoms with E-state index in [1.807, 2.05) is 0 Å². The number of carbonyl (C=O) groups is 1. The SMILES string of the molecule is CC1(C)CCC(Oc2cc(F)cc(C=O)c2)CC1. The van der Waals surface area contributed by atoms with Gasteiger partial charge in [0, 0.05) is 11.6 Å². The van der Waals surface area contributed by atoms with Gasteiger partial charge >= 0.3 is 0 Å². The fraction of sp³-hybridized carbons (Fsp3) is 0.533. The van der Waals surface area contributed by atoms with Crippen LogP contribution in [0.4, 0.5) is 4.39 Å². The summed E-state index contributed by atoms with van der Waals surface area (Å²) >= 11 is 0. The van der Waals surface area contributed by atoms with E-state index in [1.165, 1.54) is 12.1 Å². The molecular formula is C15H19FO2. The third-order valence-electron chi connectivity index (χ3n) is 3.62. The molecule has 1 aliphatic rings. The number of aldehydes is 1. The minimum atomic E-state index is -0.425. The maximum Gasteiger partial charge on any atom is 0.150 e. The van der Waals surface area contributed by atoms with E-state index in [9.17, 15) is 9.18 Å². The van der Waals surface area contributed by atoms with Crippen LogP contribution in [0.3, 0.4) is 0 Å². The van der Waals surface area contributed by atoms with Crippen LogP contribution in [0.1, 0.15) is 49.9 Å². The third-order valence-corrected chi connectivity index (χ3v) is 3.62. The van der Waals surface area contributed by atoms with Gasteiger partial charge in [0.15, 0.2) is 0 Å². The minimum Gasteiger partial charge on any atom is -0.490 e. The number of hydrogen-bond donors (Lipinski definition) is 0. The van der Waals surface area contributed by atoms with Crippen LogP contribution in [-0.4, -0.2) is 12.4 Å². The molecule has 1 saturated carbocycles. The van der Waals surface area contributed by atoms with E-state index >= 15 is 0 Å². The first kappa shape index (κ1) is 13.1. The second-order valence-corrected chi connectivity index (χ2v) is 5.82. The number of rotatable bonds is 3. The summed E-state index contributed by atoms with van der Waals surface area (Å²) in [5.41, 5.74) is 0.705. The predicted molar refractivity (Wildman–Crippen MR) is 68.5 cm³/mol. The average molecular weight is 250 g/mol. The molecule has 0 bridgehead atoms. The van der Waals surface area contributed by atoms with Crippen molar-refractivity contribution < 1.29 is 13.9 Å². The molecule has 3 heteroatoms. The second-order valence-electron chi connectivity index (χ2n) is 5.82. The largest absolute Gasteiger partial charge is 0.490 e. The summed E-state index contributed by atoms with van der Waals surface area (Å²) in [6.07, 6.45) is 4.99. The molecule has 0 amide bonds. The Morgan fingerprint density at radius 1 is 1.28 bits per heavy atom. The summed E-state index contributed by atoms with van der Waals surface area (Å²) in [4.78, 5) is 10.7. The number of benzene rings is 1. The summed E-state index contributed by atoms with van der Waals surface area (Å²) in [6.45, 7) is 4.52. The highest BCUT2D eigenvalue weighted by Crippen LogP contribution is 2.36. The molecule has 2 nitrogen and oxygen atoms in total. The lowest BCUT2D eigenvalue weighted by Crippen LogP contribution is -2.28. The zero-order valence-electron chi connectivity index (χ0n) is 10.9. The lowest BCUT2D eigenvalue weighted by Gasteiger charge is -2.34. The molecule has 0 unspecified atom stereocenters. The summed E-state index contributed by atoms with van der Waals surface area (Å²) < 4.78 is 19.0. The highest BCUT2D eigenvalue weighted by Gasteiger charge is 2.27. The smallest absolute Gasteiger partial charge is 0.150 e. The average Bonchev–Trinajstić information content (AvgIpc) is 2.31. The Morgan fingerprint density at radius 2 is 1.94 bits per heavy atom. The molecule has 0 spiro atoms. The standard InChI is InChI=1S/C15H19FO2/c1-15(2)5-3-13(4-6-15)18-14-8-11(10-17)7-12(16)9-14/h7-10,13H,3-6H2,1-2H3. The van der Waals surface area contributed by atoms with Crippen LogP contribution in [0.5, 0.6) is 5.75 Å². The first-order chi connectivity index (χ1) is 8.48. The lowest BCUT2D eigenvalue weighted by molar-refractivity contribution is 0.0982.